The molecule has 0 aromatic heterocycles. The van der Waals surface area contributed by atoms with E-state index in [9.17, 15) is 4.79 Å². The maximum Gasteiger partial charge on any atom is 0.142 e. The van der Waals surface area contributed by atoms with Crippen molar-refractivity contribution in [3.8, 4) is 0 Å². The van der Waals surface area contributed by atoms with Crippen LogP contribution in [0.4, 0.5) is 0 Å². The number of carbonyl (C=O) groups excluding carboxylic acids is 1. The number of allylic oxidation sites excluding steroid dienone is 4. The molecule has 0 atom stereocenters. The monoisotopic (exact) mass is 194 g/mol. The minimum absolute atomic E-state index is 0.843. The van der Waals surface area contributed by atoms with E-state index in [0.717, 1.165) is 19.1 Å². The minimum atomic E-state index is 0.843. The molecule has 0 saturated carbocycles. The lowest BCUT2D eigenvalue weighted by atomic mass is 10.1. The summed E-state index contributed by atoms with van der Waals surface area (Å²) in [5.41, 5.74) is 0. The number of hydrogen-bond donors (Lipinski definition) is 0. The van der Waals surface area contributed by atoms with Crippen LogP contribution in [0.15, 0.2) is 24.3 Å². The van der Waals surface area contributed by atoms with Crippen LogP contribution < -0.4 is 0 Å². The molecule has 0 saturated heterocycles. The van der Waals surface area contributed by atoms with E-state index >= 15 is 0 Å². The molecule has 0 radical (unpaired) electrons. The van der Waals surface area contributed by atoms with Crippen molar-refractivity contribution in [2.75, 3.05) is 0 Å². The molecule has 0 aliphatic carbocycles. The van der Waals surface area contributed by atoms with Gasteiger partial charge in [-0.25, -0.2) is 0 Å². The van der Waals surface area contributed by atoms with Crippen LogP contribution in [0.5, 0.6) is 0 Å². The van der Waals surface area contributed by atoms with Crippen molar-refractivity contribution < 1.29 is 4.79 Å². The number of carbonyl (C=O) groups is 1. The first-order valence-corrected chi connectivity index (χ1v) is 5.67. The Kier molecular flexibility index (Phi) is 11.4. The fraction of sp³-hybridized carbons (Fsp3) is 0.615. The van der Waals surface area contributed by atoms with Crippen LogP contribution in [0, 0.1) is 0 Å². The molecule has 0 aliphatic heterocycles. The van der Waals surface area contributed by atoms with Crippen LogP contribution >= 0.6 is 0 Å². The highest BCUT2D eigenvalue weighted by Gasteiger charge is 1.86. The van der Waals surface area contributed by atoms with Crippen molar-refractivity contribution in [1.29, 1.82) is 0 Å². The maximum atomic E-state index is 9.95. The summed E-state index contributed by atoms with van der Waals surface area (Å²) in [5.74, 6) is 0. The molecule has 0 N–H and O–H groups in total. The average Bonchev–Trinajstić information content (AvgIpc) is 2.21. The third-order valence-corrected chi connectivity index (χ3v) is 2.11. The molecular weight excluding hydrogens is 172 g/mol. The summed E-state index contributed by atoms with van der Waals surface area (Å²) in [4.78, 5) is 9.95. The largest absolute Gasteiger partial charge is 0.299 e. The summed E-state index contributed by atoms with van der Waals surface area (Å²) >= 11 is 0. The van der Waals surface area contributed by atoms with Crippen molar-refractivity contribution in [3.05, 3.63) is 24.3 Å². The quantitative estimate of drug-likeness (QED) is 0.234. The van der Waals surface area contributed by atoms with E-state index in [1.165, 1.54) is 32.1 Å². The van der Waals surface area contributed by atoms with E-state index < -0.39 is 0 Å². The fourth-order valence-corrected chi connectivity index (χ4v) is 1.31. The normalized spacial score (nSPS) is 11.5. The Labute approximate surface area is 87.9 Å². The van der Waals surface area contributed by atoms with Gasteiger partial charge in [0.15, 0.2) is 0 Å². The van der Waals surface area contributed by atoms with Crippen molar-refractivity contribution in [2.45, 2.75) is 51.9 Å². The topological polar surface area (TPSA) is 17.1 Å². The van der Waals surface area contributed by atoms with Crippen LogP contribution in [0.2, 0.25) is 0 Å². The lowest BCUT2D eigenvalue weighted by molar-refractivity contribution is -0.104. The zero-order chi connectivity index (χ0) is 10.5. The molecule has 0 bridgehead atoms. The van der Waals surface area contributed by atoms with Crippen LogP contribution in [0.3, 0.4) is 0 Å². The summed E-state index contributed by atoms with van der Waals surface area (Å²) in [5, 5.41) is 0. The van der Waals surface area contributed by atoms with Gasteiger partial charge in [0.25, 0.3) is 0 Å². The van der Waals surface area contributed by atoms with Gasteiger partial charge in [0.1, 0.15) is 6.29 Å². The summed E-state index contributed by atoms with van der Waals surface area (Å²) in [6.07, 6.45) is 17.4. The van der Waals surface area contributed by atoms with Gasteiger partial charge in [-0.3, -0.25) is 4.79 Å². The first kappa shape index (κ1) is 13.2. The minimum Gasteiger partial charge on any atom is -0.299 e. The molecule has 0 aromatic carbocycles. The average molecular weight is 194 g/mol. The van der Waals surface area contributed by atoms with Crippen LogP contribution in [0.25, 0.3) is 0 Å². The van der Waals surface area contributed by atoms with Gasteiger partial charge in [-0.2, -0.15) is 0 Å². The van der Waals surface area contributed by atoms with Crippen LogP contribution in [0.1, 0.15) is 51.9 Å². The van der Waals surface area contributed by atoms with Gasteiger partial charge in [-0.1, -0.05) is 38.0 Å². The molecule has 0 unspecified atom stereocenters. The summed E-state index contributed by atoms with van der Waals surface area (Å²) in [7, 11) is 0. The molecule has 0 aromatic rings. The van der Waals surface area contributed by atoms with E-state index in [4.69, 9.17) is 0 Å². The summed E-state index contributed by atoms with van der Waals surface area (Å²) in [6.45, 7) is 2.16. The molecule has 0 aliphatic rings. The Morgan fingerprint density at radius 2 is 1.50 bits per heavy atom. The van der Waals surface area contributed by atoms with Crippen molar-refractivity contribution >= 4 is 6.29 Å². The standard InChI is InChI=1S/C13H22O/c1-2-3-4-5-6-7-8-9-10-11-12-13-14/h3-4,11-13H,2,5-10H2,1H3/b4-3+,12-11-. The Morgan fingerprint density at radius 3 is 2.07 bits per heavy atom. The second kappa shape index (κ2) is 12.2. The Hall–Kier alpha value is -0.850. The second-order valence-electron chi connectivity index (χ2n) is 3.44. The van der Waals surface area contributed by atoms with Gasteiger partial charge in [0.05, 0.1) is 0 Å². The van der Waals surface area contributed by atoms with Gasteiger partial charge in [0, 0.05) is 0 Å². The van der Waals surface area contributed by atoms with E-state index in [1.807, 2.05) is 6.08 Å². The Bertz CT molecular complexity index is 168. The van der Waals surface area contributed by atoms with Gasteiger partial charge < -0.3 is 0 Å². The Morgan fingerprint density at radius 1 is 0.857 bits per heavy atom. The molecule has 80 valence electrons. The molecule has 0 heterocycles. The van der Waals surface area contributed by atoms with E-state index in [2.05, 4.69) is 19.1 Å². The zero-order valence-electron chi connectivity index (χ0n) is 9.24. The van der Waals surface area contributed by atoms with Gasteiger partial charge in [0.2, 0.25) is 0 Å². The number of aldehydes is 1. The number of hydrogen-bond acceptors (Lipinski definition) is 1. The summed E-state index contributed by atoms with van der Waals surface area (Å²) < 4.78 is 0. The first-order chi connectivity index (χ1) is 6.91. The Balaban J connectivity index is 3.02. The van der Waals surface area contributed by atoms with Gasteiger partial charge >= 0.3 is 0 Å². The van der Waals surface area contributed by atoms with Gasteiger partial charge in [-0.05, 0) is 38.2 Å². The molecular formula is C13H22O. The predicted molar refractivity (Wildman–Crippen MR) is 62.3 cm³/mol. The predicted octanol–water partition coefficient (Wildman–Crippen LogP) is 4.05. The van der Waals surface area contributed by atoms with Crippen LogP contribution in [-0.4, -0.2) is 6.29 Å². The number of unbranched alkanes of at least 4 members (excludes halogenated alkanes) is 5. The highest BCUT2D eigenvalue weighted by Crippen LogP contribution is 2.06. The van der Waals surface area contributed by atoms with E-state index in [0.29, 0.717) is 0 Å². The SMILES string of the molecule is CC/C=C/CCCCCC/C=C\C=O. The van der Waals surface area contributed by atoms with Crippen molar-refractivity contribution in [3.63, 3.8) is 0 Å². The lowest BCUT2D eigenvalue weighted by Crippen LogP contribution is -1.76. The molecule has 0 spiro atoms. The van der Waals surface area contributed by atoms with Crippen molar-refractivity contribution in [2.24, 2.45) is 0 Å². The second-order valence-corrected chi connectivity index (χ2v) is 3.44. The molecule has 1 heteroatoms. The zero-order valence-corrected chi connectivity index (χ0v) is 9.24. The van der Waals surface area contributed by atoms with Crippen molar-refractivity contribution in [1.82, 2.24) is 0 Å². The van der Waals surface area contributed by atoms with E-state index in [-0.39, 0.29) is 0 Å². The number of rotatable bonds is 9. The molecule has 0 amide bonds. The molecule has 0 fully saturated rings. The smallest absolute Gasteiger partial charge is 0.142 e. The molecule has 0 rings (SSSR count). The highest BCUT2D eigenvalue weighted by atomic mass is 16.1. The van der Waals surface area contributed by atoms with E-state index in [1.54, 1.807) is 6.08 Å². The molecule has 1 nitrogen and oxygen atoms in total. The highest BCUT2D eigenvalue weighted by molar-refractivity contribution is 5.64. The molecule has 14 heavy (non-hydrogen) atoms. The maximum absolute atomic E-state index is 9.95. The third kappa shape index (κ3) is 11.2. The third-order valence-electron chi connectivity index (χ3n) is 2.11. The first-order valence-electron chi connectivity index (χ1n) is 5.67. The fourth-order valence-electron chi connectivity index (χ4n) is 1.31. The van der Waals surface area contributed by atoms with Crippen LogP contribution in [-0.2, 0) is 4.79 Å². The summed E-state index contributed by atoms with van der Waals surface area (Å²) in [6, 6.07) is 0. The van der Waals surface area contributed by atoms with Gasteiger partial charge in [-0.15, -0.1) is 0 Å². The lowest BCUT2D eigenvalue weighted by Gasteiger charge is -1.96.